The zero-order chi connectivity index (χ0) is 38.0. The lowest BCUT2D eigenvalue weighted by atomic mass is 10.0. The summed E-state index contributed by atoms with van der Waals surface area (Å²) in [7, 11) is 3.71. The molecule has 13 heteroatoms. The Kier molecular flexibility index (Phi) is 14.7. The molecule has 2 heterocycles. The Labute approximate surface area is 315 Å². The molecular formula is C41H49F3N6O4. The second-order valence-electron chi connectivity index (χ2n) is 13.0. The van der Waals surface area contributed by atoms with Gasteiger partial charge in [0.25, 0.3) is 17.7 Å². The van der Waals surface area contributed by atoms with Crippen LogP contribution in [0.3, 0.4) is 0 Å². The maximum Gasteiger partial charge on any atom is 0.416 e. The van der Waals surface area contributed by atoms with Crippen molar-refractivity contribution in [2.75, 3.05) is 70.2 Å². The first-order valence-electron chi connectivity index (χ1n) is 17.7. The summed E-state index contributed by atoms with van der Waals surface area (Å²) in [6, 6.07) is 20.0. The molecule has 3 amide bonds. The molecule has 1 aromatic heterocycles. The quantitative estimate of drug-likeness (QED) is 0.140. The van der Waals surface area contributed by atoms with Gasteiger partial charge in [-0.3, -0.25) is 24.3 Å². The maximum absolute atomic E-state index is 13.7. The van der Waals surface area contributed by atoms with Crippen LogP contribution in [0.4, 0.5) is 24.5 Å². The predicted molar refractivity (Wildman–Crippen MR) is 206 cm³/mol. The highest BCUT2D eigenvalue weighted by atomic mass is 19.4. The molecule has 0 saturated carbocycles. The first-order valence-corrected chi connectivity index (χ1v) is 17.7. The van der Waals surface area contributed by atoms with Gasteiger partial charge in [0.15, 0.2) is 0 Å². The molecule has 0 unspecified atom stereocenters. The van der Waals surface area contributed by atoms with E-state index in [1.54, 1.807) is 48.3 Å². The Bertz CT molecular complexity index is 1900. The standard InChI is InChI=1S/C40H45F3N6O4.CH4/c1-4-5-16-47(2)33-12-13-35(46-38(51)29-9-7-10-31(24-29)39(52)48(3)17-18-49-19-21-53-22-20-49)34(26-33)36-25-30(14-15-44-36)37(50)45-27-28-8-6-11-32(23-28)40(41,42)43;/h6-15,23-26H,4-5,16-22,27H2,1-3H3,(H,45,50)(H,46,51);1H4. The number of nitrogens with one attached hydrogen (secondary N) is 2. The molecule has 1 fully saturated rings. The number of pyridine rings is 1. The number of anilines is 2. The average molecular weight is 747 g/mol. The van der Waals surface area contributed by atoms with Crippen molar-refractivity contribution in [2.45, 2.75) is 39.9 Å². The number of amides is 3. The molecule has 1 aliphatic rings. The predicted octanol–water partition coefficient (Wildman–Crippen LogP) is 7.23. The SMILES string of the molecule is C.CCCCN(C)c1ccc(NC(=O)c2cccc(C(=O)N(C)CCN3CCOCC3)c2)c(-c2cc(C(=O)NCc3cccc(C(F)(F)F)c3)ccn2)c1. The van der Waals surface area contributed by atoms with Gasteiger partial charge in [0.05, 0.1) is 30.2 Å². The van der Waals surface area contributed by atoms with Crippen LogP contribution in [0.2, 0.25) is 0 Å². The molecule has 5 rings (SSSR count). The molecular weight excluding hydrogens is 697 g/mol. The van der Waals surface area contributed by atoms with E-state index in [0.29, 0.717) is 53.4 Å². The fourth-order valence-electron chi connectivity index (χ4n) is 5.90. The van der Waals surface area contributed by atoms with Gasteiger partial charge < -0.3 is 25.2 Å². The van der Waals surface area contributed by atoms with E-state index >= 15 is 0 Å². The largest absolute Gasteiger partial charge is 0.416 e. The number of hydrogen-bond acceptors (Lipinski definition) is 7. The monoisotopic (exact) mass is 746 g/mol. The fourth-order valence-corrected chi connectivity index (χ4v) is 5.90. The van der Waals surface area contributed by atoms with E-state index in [1.807, 2.05) is 19.2 Å². The van der Waals surface area contributed by atoms with Gasteiger partial charge in [-0.15, -0.1) is 0 Å². The summed E-state index contributed by atoms with van der Waals surface area (Å²) in [6.07, 6.45) is -1.04. The molecule has 10 nitrogen and oxygen atoms in total. The van der Waals surface area contributed by atoms with Crippen molar-refractivity contribution in [3.05, 3.63) is 113 Å². The molecule has 288 valence electrons. The average Bonchev–Trinajstić information content (AvgIpc) is 3.18. The number of morpholine rings is 1. The molecule has 2 N–H and O–H groups in total. The third-order valence-corrected chi connectivity index (χ3v) is 9.12. The van der Waals surface area contributed by atoms with Crippen molar-refractivity contribution in [2.24, 2.45) is 0 Å². The van der Waals surface area contributed by atoms with E-state index in [9.17, 15) is 27.6 Å². The summed E-state index contributed by atoms with van der Waals surface area (Å²) in [6.45, 7) is 7.07. The highest BCUT2D eigenvalue weighted by Gasteiger charge is 2.30. The molecule has 0 aliphatic carbocycles. The molecule has 4 aromatic rings. The first kappa shape index (κ1) is 41.5. The lowest BCUT2D eigenvalue weighted by Crippen LogP contribution is -2.41. The van der Waals surface area contributed by atoms with Gasteiger partial charge in [-0.05, 0) is 72.6 Å². The Morgan fingerprint density at radius 1 is 0.870 bits per heavy atom. The number of unbranched alkanes of at least 4 members (excludes halogenated alkanes) is 1. The molecule has 1 aliphatic heterocycles. The molecule has 0 spiro atoms. The fraction of sp³-hybridized carbons (Fsp3) is 0.366. The molecule has 1 saturated heterocycles. The summed E-state index contributed by atoms with van der Waals surface area (Å²) >= 11 is 0. The third kappa shape index (κ3) is 11.1. The van der Waals surface area contributed by atoms with E-state index in [4.69, 9.17) is 4.74 Å². The van der Waals surface area contributed by atoms with Crippen LogP contribution < -0.4 is 15.5 Å². The molecule has 0 bridgehead atoms. The van der Waals surface area contributed by atoms with Gasteiger partial charge in [0.2, 0.25) is 0 Å². The minimum atomic E-state index is -4.49. The van der Waals surface area contributed by atoms with E-state index in [1.165, 1.54) is 24.4 Å². The van der Waals surface area contributed by atoms with Gasteiger partial charge in [0.1, 0.15) is 0 Å². The lowest BCUT2D eigenvalue weighted by Gasteiger charge is -2.28. The van der Waals surface area contributed by atoms with Crippen LogP contribution in [0.15, 0.2) is 85.1 Å². The van der Waals surface area contributed by atoms with Gasteiger partial charge in [0, 0.05) is 87.5 Å². The zero-order valence-electron chi connectivity index (χ0n) is 30.2. The van der Waals surface area contributed by atoms with Crippen LogP contribution in [-0.4, -0.2) is 92.5 Å². The topological polar surface area (TPSA) is 107 Å². The Balaban J connectivity index is 0.00000650. The van der Waals surface area contributed by atoms with Gasteiger partial charge >= 0.3 is 6.18 Å². The number of aromatic nitrogens is 1. The number of carbonyl (C=O) groups is 3. The number of rotatable bonds is 14. The second-order valence-corrected chi connectivity index (χ2v) is 13.0. The summed E-state index contributed by atoms with van der Waals surface area (Å²) in [5.74, 6) is -1.12. The molecule has 0 atom stereocenters. The van der Waals surface area contributed by atoms with Crippen LogP contribution in [0.25, 0.3) is 11.3 Å². The molecule has 3 aromatic carbocycles. The van der Waals surface area contributed by atoms with Crippen LogP contribution >= 0.6 is 0 Å². The number of ether oxygens (including phenoxy) is 1. The van der Waals surface area contributed by atoms with Crippen LogP contribution in [0.1, 0.15) is 69.4 Å². The smallest absolute Gasteiger partial charge is 0.379 e. The first-order chi connectivity index (χ1) is 25.4. The molecule has 54 heavy (non-hydrogen) atoms. The van der Waals surface area contributed by atoms with Crippen molar-refractivity contribution in [3.63, 3.8) is 0 Å². The summed E-state index contributed by atoms with van der Waals surface area (Å²) in [5.41, 5.74) is 2.72. The van der Waals surface area contributed by atoms with E-state index in [0.717, 1.165) is 56.8 Å². The lowest BCUT2D eigenvalue weighted by molar-refractivity contribution is -0.137. The highest BCUT2D eigenvalue weighted by Crippen LogP contribution is 2.33. The van der Waals surface area contributed by atoms with Crippen LogP contribution in [0.5, 0.6) is 0 Å². The zero-order valence-corrected chi connectivity index (χ0v) is 30.2. The number of alkyl halides is 3. The summed E-state index contributed by atoms with van der Waals surface area (Å²) in [4.78, 5) is 50.7. The van der Waals surface area contributed by atoms with Crippen molar-refractivity contribution in [3.8, 4) is 11.3 Å². The number of carbonyl (C=O) groups excluding carboxylic acids is 3. The van der Waals surface area contributed by atoms with Crippen LogP contribution in [0, 0.1) is 0 Å². The number of halogens is 3. The highest BCUT2D eigenvalue weighted by molar-refractivity contribution is 6.08. The van der Waals surface area contributed by atoms with Crippen molar-refractivity contribution < 1.29 is 32.3 Å². The number of hydrogen-bond donors (Lipinski definition) is 2. The Morgan fingerprint density at radius 2 is 1.59 bits per heavy atom. The Morgan fingerprint density at radius 3 is 2.33 bits per heavy atom. The van der Waals surface area contributed by atoms with Crippen molar-refractivity contribution in [1.82, 2.24) is 20.1 Å². The Hall–Kier alpha value is -5.27. The minimum absolute atomic E-state index is 0. The van der Waals surface area contributed by atoms with Crippen LogP contribution in [-0.2, 0) is 17.5 Å². The third-order valence-electron chi connectivity index (χ3n) is 9.12. The normalized spacial score (nSPS) is 13.1. The van der Waals surface area contributed by atoms with Gasteiger partial charge in [-0.1, -0.05) is 39.0 Å². The minimum Gasteiger partial charge on any atom is -0.379 e. The second kappa shape index (κ2) is 19.2. The summed E-state index contributed by atoms with van der Waals surface area (Å²) < 4.78 is 45.0. The molecule has 0 radical (unpaired) electrons. The van der Waals surface area contributed by atoms with Gasteiger partial charge in [-0.25, -0.2) is 0 Å². The number of likely N-dealkylation sites (N-methyl/N-ethyl adjacent to an activating group) is 1. The van der Waals surface area contributed by atoms with E-state index in [-0.39, 0.29) is 25.4 Å². The van der Waals surface area contributed by atoms with Crippen molar-refractivity contribution in [1.29, 1.82) is 0 Å². The van der Waals surface area contributed by atoms with E-state index < -0.39 is 23.6 Å². The number of benzene rings is 3. The van der Waals surface area contributed by atoms with Crippen molar-refractivity contribution >= 4 is 29.1 Å². The maximum atomic E-state index is 13.7. The number of nitrogens with zero attached hydrogens (tertiary/aromatic N) is 4. The summed E-state index contributed by atoms with van der Waals surface area (Å²) in [5, 5.41) is 5.67. The van der Waals surface area contributed by atoms with Gasteiger partial charge in [-0.2, -0.15) is 13.2 Å². The van der Waals surface area contributed by atoms with E-state index in [2.05, 4.69) is 32.3 Å².